The fraction of sp³-hybridized carbons (Fsp3) is 0.526. The molecule has 0 fully saturated rings. The molecule has 0 aliphatic carbocycles. The molecule has 0 amide bonds. The smallest absolute Gasteiger partial charge is 0.337 e. The molecule has 0 aromatic heterocycles. The summed E-state index contributed by atoms with van der Waals surface area (Å²) >= 11 is 0. The number of hydrogen-bond donors (Lipinski definition) is 4. The number of benzene rings is 1. The Kier molecular flexibility index (Phi) is 9.18. The molecule has 1 aromatic carbocycles. The van der Waals surface area contributed by atoms with Gasteiger partial charge in [0.05, 0.1) is 0 Å². The molecule has 0 saturated carbocycles. The molecule has 0 saturated heterocycles. The summed E-state index contributed by atoms with van der Waals surface area (Å²) in [6.07, 6.45) is -1.58. The van der Waals surface area contributed by atoms with E-state index in [1.807, 2.05) is 12.1 Å². The van der Waals surface area contributed by atoms with E-state index in [-0.39, 0.29) is 23.8 Å². The van der Waals surface area contributed by atoms with Crippen LogP contribution in [0, 0.1) is 0 Å². The lowest BCUT2D eigenvalue weighted by atomic mass is 9.78. The molecule has 0 aliphatic rings. The molecular weight excluding hydrogens is 304 g/mol. The number of hydrazine groups is 1. The first-order valence-corrected chi connectivity index (χ1v) is 7.43. The molecule has 24 heavy (non-hydrogen) atoms. The van der Waals surface area contributed by atoms with Crippen molar-refractivity contribution in [1.82, 2.24) is 0 Å². The van der Waals surface area contributed by atoms with Crippen molar-refractivity contribution in [2.24, 2.45) is 11.7 Å². The van der Waals surface area contributed by atoms with Crippen LogP contribution in [0.25, 0.3) is 5.57 Å². The van der Waals surface area contributed by atoms with Gasteiger partial charge >= 0.3 is 5.97 Å². The summed E-state index contributed by atoms with van der Waals surface area (Å²) in [6, 6.07) is 5.98. The van der Waals surface area contributed by atoms with E-state index in [1.54, 1.807) is 0 Å². The zero-order valence-electron chi connectivity index (χ0n) is 15.0. The van der Waals surface area contributed by atoms with E-state index < -0.39 is 12.1 Å². The highest BCUT2D eigenvalue weighted by atomic mass is 16.4. The summed E-state index contributed by atoms with van der Waals surface area (Å²) in [4.78, 5) is 11.0. The van der Waals surface area contributed by atoms with Gasteiger partial charge in [0.2, 0.25) is 0 Å². The summed E-state index contributed by atoms with van der Waals surface area (Å²) in [5.41, 5.74) is 2.98. The molecule has 0 heterocycles. The van der Waals surface area contributed by atoms with Crippen molar-refractivity contribution in [3.8, 4) is 0 Å². The molecule has 1 rings (SSSR count). The third-order valence-corrected chi connectivity index (χ3v) is 3.60. The Morgan fingerprint density at radius 1 is 1.00 bits per heavy atom. The second-order valence-corrected chi connectivity index (χ2v) is 7.57. The van der Waals surface area contributed by atoms with Crippen molar-refractivity contribution < 1.29 is 15.0 Å². The summed E-state index contributed by atoms with van der Waals surface area (Å²) in [5.74, 6) is 6.72. The lowest BCUT2D eigenvalue weighted by molar-refractivity contribution is -0.143. The molecule has 0 spiro atoms. The van der Waals surface area contributed by atoms with Gasteiger partial charge in [-0.2, -0.15) is 0 Å². The number of hydrogen-bond acceptors (Lipinski definition) is 4. The number of nitrogens with two attached hydrogens (primary N) is 2. The van der Waals surface area contributed by atoms with Crippen LogP contribution in [0.15, 0.2) is 24.8 Å². The highest BCUT2D eigenvalue weighted by molar-refractivity contribution is 5.89. The van der Waals surface area contributed by atoms with Crippen LogP contribution in [-0.2, 0) is 15.6 Å². The van der Waals surface area contributed by atoms with Crippen molar-refractivity contribution in [1.29, 1.82) is 0 Å². The number of aliphatic hydroxyl groups is 1. The maximum atomic E-state index is 11.0. The van der Waals surface area contributed by atoms with Gasteiger partial charge in [0.25, 0.3) is 0 Å². The van der Waals surface area contributed by atoms with E-state index >= 15 is 0 Å². The van der Waals surface area contributed by atoms with Crippen LogP contribution in [-0.4, -0.2) is 22.3 Å². The van der Waals surface area contributed by atoms with Crippen LogP contribution in [0.1, 0.15) is 65.7 Å². The van der Waals surface area contributed by atoms with Crippen molar-refractivity contribution in [3.63, 3.8) is 0 Å². The average Bonchev–Trinajstić information content (AvgIpc) is 2.45. The summed E-state index contributed by atoms with van der Waals surface area (Å²) < 4.78 is 0. The third kappa shape index (κ3) is 6.43. The van der Waals surface area contributed by atoms with Crippen LogP contribution in [0.5, 0.6) is 0 Å². The number of aliphatic hydroxyl groups excluding tert-OH is 1. The molecule has 138 valence electrons. The maximum absolute atomic E-state index is 11.0. The molecule has 1 aromatic rings. The van der Waals surface area contributed by atoms with Crippen molar-refractivity contribution in [2.75, 3.05) is 0 Å². The van der Waals surface area contributed by atoms with Crippen LogP contribution >= 0.6 is 0 Å². The fourth-order valence-corrected chi connectivity index (χ4v) is 1.99. The summed E-state index contributed by atoms with van der Waals surface area (Å²) in [5, 5.41) is 18.7. The zero-order chi connectivity index (χ0) is 18.6. The normalized spacial score (nSPS) is 12.4. The van der Waals surface area contributed by atoms with E-state index in [0.717, 1.165) is 11.1 Å². The maximum Gasteiger partial charge on any atom is 0.337 e. The number of rotatable bonds is 3. The number of carboxylic acids is 1. The van der Waals surface area contributed by atoms with Crippen molar-refractivity contribution in [2.45, 2.75) is 65.9 Å². The van der Waals surface area contributed by atoms with Gasteiger partial charge in [-0.25, -0.2) is 4.79 Å². The van der Waals surface area contributed by atoms with E-state index in [0.29, 0.717) is 5.56 Å². The Labute approximate surface area is 146 Å². The fourth-order valence-electron chi connectivity index (χ4n) is 1.99. The van der Waals surface area contributed by atoms with Crippen LogP contribution in [0.2, 0.25) is 0 Å². The minimum Gasteiger partial charge on any atom is -0.479 e. The van der Waals surface area contributed by atoms with Gasteiger partial charge in [0.1, 0.15) is 0 Å². The Hall–Kier alpha value is -1.69. The molecule has 0 radical (unpaired) electrons. The topological polar surface area (TPSA) is 110 Å². The van der Waals surface area contributed by atoms with Gasteiger partial charge in [0, 0.05) is 0 Å². The summed E-state index contributed by atoms with van der Waals surface area (Å²) in [6.45, 7) is 16.4. The third-order valence-electron chi connectivity index (χ3n) is 3.60. The lowest BCUT2D eigenvalue weighted by Gasteiger charge is -2.27. The minimum atomic E-state index is -1.58. The standard InChI is InChI=1S/C18H26O3.CH4.H4N2/c1-11(15(19)16(20)21)12-8-13(17(2,3)4)10-14(9-12)18(5,6)7;;1-2/h8-10,15,19H,1H2,2-7H3,(H,20,21);1H4;1-2H2. The Morgan fingerprint density at radius 2 is 1.33 bits per heavy atom. The molecule has 5 nitrogen and oxygen atoms in total. The average molecular weight is 338 g/mol. The second kappa shape index (κ2) is 8.97. The predicted molar refractivity (Wildman–Crippen MR) is 102 cm³/mol. The van der Waals surface area contributed by atoms with Crippen molar-refractivity contribution >= 4 is 11.5 Å². The van der Waals surface area contributed by atoms with Gasteiger partial charge in [-0.3, -0.25) is 11.7 Å². The van der Waals surface area contributed by atoms with Crippen molar-refractivity contribution in [3.05, 3.63) is 41.5 Å². The molecule has 1 unspecified atom stereocenters. The Morgan fingerprint density at radius 3 is 1.58 bits per heavy atom. The quantitative estimate of drug-likeness (QED) is 0.500. The van der Waals surface area contributed by atoms with Gasteiger partial charge in [-0.15, -0.1) is 0 Å². The van der Waals surface area contributed by atoms with Crippen LogP contribution in [0.3, 0.4) is 0 Å². The number of aliphatic carboxylic acids is 1. The van der Waals surface area contributed by atoms with Gasteiger partial charge in [-0.05, 0) is 33.1 Å². The molecule has 6 N–H and O–H groups in total. The zero-order valence-corrected chi connectivity index (χ0v) is 15.0. The first kappa shape index (κ1) is 24.6. The molecule has 1 atom stereocenters. The molecule has 0 aliphatic heterocycles. The molecule has 5 heteroatoms. The van der Waals surface area contributed by atoms with Crippen LogP contribution in [0.4, 0.5) is 0 Å². The largest absolute Gasteiger partial charge is 0.479 e. The van der Waals surface area contributed by atoms with Gasteiger partial charge < -0.3 is 10.2 Å². The van der Waals surface area contributed by atoms with E-state index in [1.165, 1.54) is 0 Å². The number of carboxylic acid groups (broad SMARTS) is 1. The van der Waals surface area contributed by atoms with E-state index in [4.69, 9.17) is 5.11 Å². The SMILES string of the molecule is C.C=C(c1cc(C(C)(C)C)cc(C(C)(C)C)c1)C(O)C(=O)O.NN. The highest BCUT2D eigenvalue weighted by Crippen LogP contribution is 2.32. The first-order chi connectivity index (χ1) is 10.3. The Balaban J connectivity index is 0. The summed E-state index contributed by atoms with van der Waals surface area (Å²) in [7, 11) is 0. The Bertz CT molecular complexity index is 535. The minimum absolute atomic E-state index is 0. The predicted octanol–water partition coefficient (Wildman–Crippen LogP) is 3.20. The lowest BCUT2D eigenvalue weighted by Crippen LogP contribution is -2.22. The monoisotopic (exact) mass is 338 g/mol. The number of carbonyl (C=O) groups is 1. The molecular formula is C19H34N2O3. The molecule has 0 bridgehead atoms. The highest BCUT2D eigenvalue weighted by Gasteiger charge is 2.24. The first-order valence-electron chi connectivity index (χ1n) is 7.43. The van der Waals surface area contributed by atoms with Crippen LogP contribution < -0.4 is 11.7 Å². The van der Waals surface area contributed by atoms with E-state index in [9.17, 15) is 9.90 Å². The van der Waals surface area contributed by atoms with E-state index in [2.05, 4.69) is 65.9 Å². The van der Waals surface area contributed by atoms with Gasteiger partial charge in [0.15, 0.2) is 6.10 Å². The second-order valence-electron chi connectivity index (χ2n) is 7.57. The van der Waals surface area contributed by atoms with Gasteiger partial charge in [-0.1, -0.05) is 73.7 Å².